The lowest BCUT2D eigenvalue weighted by atomic mass is 10.1. The van der Waals surface area contributed by atoms with Crippen LogP contribution in [0.2, 0.25) is 0 Å². The van der Waals surface area contributed by atoms with Crippen LogP contribution in [0.3, 0.4) is 0 Å². The van der Waals surface area contributed by atoms with Crippen LogP contribution in [0.5, 0.6) is 0 Å². The van der Waals surface area contributed by atoms with Gasteiger partial charge in [-0.05, 0) is 19.9 Å². The highest BCUT2D eigenvalue weighted by Crippen LogP contribution is 2.20. The Kier molecular flexibility index (Phi) is 5.23. The molecule has 15 heavy (non-hydrogen) atoms. The summed E-state index contributed by atoms with van der Waals surface area (Å²) < 4.78 is 0. The van der Waals surface area contributed by atoms with Crippen molar-refractivity contribution in [3.05, 3.63) is 0 Å². The first-order valence-corrected chi connectivity index (χ1v) is 6.53. The summed E-state index contributed by atoms with van der Waals surface area (Å²) in [6.07, 6.45) is 1.02. The second-order valence-electron chi connectivity index (χ2n) is 4.15. The molecular weight excluding hydrogens is 232 g/mol. The summed E-state index contributed by atoms with van der Waals surface area (Å²) in [4.78, 5) is 14.2. The monoisotopic (exact) mass is 250 g/mol. The number of hydrogen-bond acceptors (Lipinski definition) is 3. The van der Waals surface area contributed by atoms with E-state index in [4.69, 9.17) is 0 Å². The molecular formula is C10H19ClN2OS. The molecule has 0 aliphatic carbocycles. The summed E-state index contributed by atoms with van der Waals surface area (Å²) in [5, 5.41) is 3.25. The van der Waals surface area contributed by atoms with Gasteiger partial charge in [0.2, 0.25) is 5.91 Å². The van der Waals surface area contributed by atoms with Crippen LogP contribution in [0, 0.1) is 5.92 Å². The van der Waals surface area contributed by atoms with Crippen molar-refractivity contribution >= 4 is 30.1 Å². The number of hydrogen-bond donors (Lipinski definition) is 1. The Morgan fingerprint density at radius 1 is 1.53 bits per heavy atom. The number of carbonyl (C=O) groups is 1. The van der Waals surface area contributed by atoms with E-state index in [9.17, 15) is 4.79 Å². The SMILES string of the molecule is CC1CSCCN1C(=O)C1CCNC1.Cl. The Morgan fingerprint density at radius 3 is 2.93 bits per heavy atom. The molecule has 2 aliphatic rings. The molecule has 0 saturated carbocycles. The zero-order valence-electron chi connectivity index (χ0n) is 9.07. The first-order chi connectivity index (χ1) is 6.79. The molecule has 1 amide bonds. The van der Waals surface area contributed by atoms with Gasteiger partial charge >= 0.3 is 0 Å². The first-order valence-electron chi connectivity index (χ1n) is 5.38. The number of nitrogens with one attached hydrogen (secondary N) is 1. The lowest BCUT2D eigenvalue weighted by molar-refractivity contribution is -0.136. The van der Waals surface area contributed by atoms with Gasteiger partial charge in [0, 0.05) is 30.6 Å². The molecule has 2 unspecified atom stereocenters. The van der Waals surface area contributed by atoms with Gasteiger partial charge in [0.25, 0.3) is 0 Å². The summed E-state index contributed by atoms with van der Waals surface area (Å²) in [6, 6.07) is 0.432. The minimum Gasteiger partial charge on any atom is -0.338 e. The van der Waals surface area contributed by atoms with Crippen LogP contribution in [-0.2, 0) is 4.79 Å². The fraction of sp³-hybridized carbons (Fsp3) is 0.900. The largest absolute Gasteiger partial charge is 0.338 e. The van der Waals surface area contributed by atoms with E-state index >= 15 is 0 Å². The zero-order chi connectivity index (χ0) is 9.97. The normalized spacial score (nSPS) is 31.1. The highest BCUT2D eigenvalue weighted by Gasteiger charge is 2.30. The molecule has 0 bridgehead atoms. The number of halogens is 1. The van der Waals surface area contributed by atoms with Crippen LogP contribution in [-0.4, -0.2) is 48.0 Å². The van der Waals surface area contributed by atoms with E-state index in [1.807, 2.05) is 11.8 Å². The summed E-state index contributed by atoms with van der Waals surface area (Å²) in [7, 11) is 0. The summed E-state index contributed by atoms with van der Waals surface area (Å²) >= 11 is 1.96. The van der Waals surface area contributed by atoms with Gasteiger partial charge in [0.1, 0.15) is 0 Å². The molecule has 0 spiro atoms. The molecule has 2 fully saturated rings. The van der Waals surface area contributed by atoms with Gasteiger partial charge in [-0.1, -0.05) is 0 Å². The molecule has 2 aliphatic heterocycles. The van der Waals surface area contributed by atoms with Crippen molar-refractivity contribution in [2.75, 3.05) is 31.1 Å². The number of thioether (sulfide) groups is 1. The van der Waals surface area contributed by atoms with E-state index in [1.165, 1.54) is 0 Å². The Balaban J connectivity index is 0.00000112. The molecule has 2 heterocycles. The van der Waals surface area contributed by atoms with Gasteiger partial charge in [-0.25, -0.2) is 0 Å². The van der Waals surface area contributed by atoms with Gasteiger partial charge in [0.05, 0.1) is 5.92 Å². The van der Waals surface area contributed by atoms with Gasteiger partial charge in [-0.15, -0.1) is 12.4 Å². The molecule has 1 N–H and O–H groups in total. The van der Waals surface area contributed by atoms with Crippen molar-refractivity contribution in [1.82, 2.24) is 10.2 Å². The van der Waals surface area contributed by atoms with Gasteiger partial charge in [0.15, 0.2) is 0 Å². The van der Waals surface area contributed by atoms with Crippen molar-refractivity contribution in [3.8, 4) is 0 Å². The third-order valence-corrected chi connectivity index (χ3v) is 4.25. The van der Waals surface area contributed by atoms with Crippen LogP contribution >= 0.6 is 24.2 Å². The second-order valence-corrected chi connectivity index (χ2v) is 5.30. The minimum atomic E-state index is 0. The van der Waals surface area contributed by atoms with E-state index in [-0.39, 0.29) is 18.3 Å². The van der Waals surface area contributed by atoms with Crippen molar-refractivity contribution in [2.45, 2.75) is 19.4 Å². The van der Waals surface area contributed by atoms with E-state index in [2.05, 4.69) is 17.1 Å². The Hall–Kier alpha value is 0.0700. The van der Waals surface area contributed by atoms with Gasteiger partial charge in [-0.2, -0.15) is 11.8 Å². The molecule has 2 rings (SSSR count). The predicted molar refractivity (Wildman–Crippen MR) is 66.7 cm³/mol. The molecule has 0 aromatic rings. The zero-order valence-corrected chi connectivity index (χ0v) is 10.7. The van der Waals surface area contributed by atoms with E-state index in [0.717, 1.165) is 37.6 Å². The van der Waals surface area contributed by atoms with Crippen LogP contribution in [0.15, 0.2) is 0 Å². The van der Waals surface area contributed by atoms with Crippen LogP contribution in [0.25, 0.3) is 0 Å². The van der Waals surface area contributed by atoms with Crippen LogP contribution < -0.4 is 5.32 Å². The van der Waals surface area contributed by atoms with E-state index in [1.54, 1.807) is 0 Å². The number of nitrogens with zero attached hydrogens (tertiary/aromatic N) is 1. The summed E-state index contributed by atoms with van der Waals surface area (Å²) in [5.74, 6) is 2.84. The molecule has 5 heteroatoms. The van der Waals surface area contributed by atoms with Crippen LogP contribution in [0.1, 0.15) is 13.3 Å². The lowest BCUT2D eigenvalue weighted by Crippen LogP contribution is -2.47. The fourth-order valence-electron chi connectivity index (χ4n) is 2.15. The highest BCUT2D eigenvalue weighted by molar-refractivity contribution is 7.99. The maximum Gasteiger partial charge on any atom is 0.227 e. The molecule has 2 atom stereocenters. The van der Waals surface area contributed by atoms with Crippen LogP contribution in [0.4, 0.5) is 0 Å². The molecule has 88 valence electrons. The predicted octanol–water partition coefficient (Wildman–Crippen LogP) is 0.982. The Labute approximate surface area is 102 Å². The highest BCUT2D eigenvalue weighted by atomic mass is 35.5. The average molecular weight is 251 g/mol. The molecule has 2 saturated heterocycles. The summed E-state index contributed by atoms with van der Waals surface area (Å²) in [5.41, 5.74) is 0. The maximum absolute atomic E-state index is 12.1. The van der Waals surface area contributed by atoms with Crippen molar-refractivity contribution in [2.24, 2.45) is 5.92 Å². The molecule has 0 radical (unpaired) electrons. The first kappa shape index (κ1) is 13.1. The molecule has 0 aromatic carbocycles. The Bertz CT molecular complexity index is 221. The van der Waals surface area contributed by atoms with Crippen molar-refractivity contribution < 1.29 is 4.79 Å². The Morgan fingerprint density at radius 2 is 2.33 bits per heavy atom. The van der Waals surface area contributed by atoms with Gasteiger partial charge < -0.3 is 10.2 Å². The minimum absolute atomic E-state index is 0. The maximum atomic E-state index is 12.1. The molecule has 0 aromatic heterocycles. The number of amides is 1. The third-order valence-electron chi connectivity index (χ3n) is 3.06. The molecule has 3 nitrogen and oxygen atoms in total. The smallest absolute Gasteiger partial charge is 0.227 e. The van der Waals surface area contributed by atoms with E-state index in [0.29, 0.717) is 11.9 Å². The number of rotatable bonds is 1. The summed E-state index contributed by atoms with van der Waals surface area (Å²) in [6.45, 7) is 5.00. The lowest BCUT2D eigenvalue weighted by Gasteiger charge is -2.34. The number of carbonyl (C=O) groups excluding carboxylic acids is 1. The standard InChI is InChI=1S/C10H18N2OS.ClH/c1-8-7-14-5-4-12(8)10(13)9-2-3-11-6-9;/h8-9,11H,2-7H2,1H3;1H. The third kappa shape index (κ3) is 3.02. The average Bonchev–Trinajstić information content (AvgIpc) is 2.70. The van der Waals surface area contributed by atoms with Crippen molar-refractivity contribution in [1.29, 1.82) is 0 Å². The topological polar surface area (TPSA) is 32.3 Å². The van der Waals surface area contributed by atoms with E-state index < -0.39 is 0 Å². The van der Waals surface area contributed by atoms with Gasteiger partial charge in [-0.3, -0.25) is 4.79 Å². The van der Waals surface area contributed by atoms with Crippen molar-refractivity contribution in [3.63, 3.8) is 0 Å². The second kappa shape index (κ2) is 5.97. The fourth-order valence-corrected chi connectivity index (χ4v) is 3.17. The quantitative estimate of drug-likeness (QED) is 0.753.